The second kappa shape index (κ2) is 13.7. The van der Waals surface area contributed by atoms with Gasteiger partial charge in [0.15, 0.2) is 0 Å². The summed E-state index contributed by atoms with van der Waals surface area (Å²) in [5.41, 5.74) is 1.37. The molecule has 0 aromatic heterocycles. The number of hydrogen-bond acceptors (Lipinski definition) is 6. The van der Waals surface area contributed by atoms with Crippen LogP contribution < -0.4 is 20.5 Å². The highest BCUT2D eigenvalue weighted by molar-refractivity contribution is 7.46. The third-order valence-corrected chi connectivity index (χ3v) is 6.34. The Balaban J connectivity index is 1.72. The van der Waals surface area contributed by atoms with Crippen molar-refractivity contribution in [2.45, 2.75) is 44.8 Å². The quantitative estimate of drug-likeness (QED) is 0.167. The molecule has 0 saturated heterocycles. The zero-order chi connectivity index (χ0) is 29.3. The number of phosphoric ester groups is 1. The molecule has 212 valence electrons. The lowest BCUT2D eigenvalue weighted by Gasteiger charge is -2.23. The van der Waals surface area contributed by atoms with Crippen molar-refractivity contribution in [2.75, 3.05) is 0 Å². The largest absolute Gasteiger partial charge is 0.524 e. The minimum atomic E-state index is -4.74. The smallest absolute Gasteiger partial charge is 0.481 e. The molecule has 2 unspecified atom stereocenters. The van der Waals surface area contributed by atoms with Crippen molar-refractivity contribution in [3.05, 3.63) is 77.9 Å². The first kappa shape index (κ1) is 30.3. The molecule has 6 N–H and O–H groups in total. The van der Waals surface area contributed by atoms with Crippen LogP contribution in [-0.4, -0.2) is 50.7 Å². The third kappa shape index (κ3) is 9.49. The molecule has 0 spiro atoms. The van der Waals surface area contributed by atoms with Gasteiger partial charge in [-0.25, -0.2) is 4.57 Å². The molecule has 40 heavy (non-hydrogen) atoms. The lowest BCUT2D eigenvalue weighted by Crippen LogP contribution is -2.54. The van der Waals surface area contributed by atoms with Crippen LogP contribution in [0.4, 0.5) is 0 Å². The molecule has 0 radical (unpaired) electrons. The van der Waals surface area contributed by atoms with Crippen molar-refractivity contribution < 1.29 is 43.2 Å². The van der Waals surface area contributed by atoms with Crippen molar-refractivity contribution in [2.24, 2.45) is 0 Å². The molecule has 3 amide bonds. The van der Waals surface area contributed by atoms with Crippen LogP contribution in [0.25, 0.3) is 10.8 Å². The number of carbonyl (C=O) groups excluding carboxylic acids is 3. The number of aliphatic carboxylic acids is 1. The average molecular weight is 572 g/mol. The normalized spacial score (nSPS) is 12.7. The van der Waals surface area contributed by atoms with Gasteiger partial charge in [-0.05, 0) is 40.5 Å². The van der Waals surface area contributed by atoms with Crippen LogP contribution in [-0.2, 0) is 36.7 Å². The summed E-state index contributed by atoms with van der Waals surface area (Å²) in [4.78, 5) is 67.1. The molecular weight excluding hydrogens is 541 g/mol. The van der Waals surface area contributed by atoms with Crippen LogP contribution in [0.3, 0.4) is 0 Å². The number of carbonyl (C=O) groups is 4. The number of nitrogens with one attached hydrogen (secondary N) is 3. The minimum absolute atomic E-state index is 0.0229. The topological polar surface area (TPSA) is 191 Å². The second-order valence-electron chi connectivity index (χ2n) is 9.03. The van der Waals surface area contributed by atoms with E-state index >= 15 is 0 Å². The van der Waals surface area contributed by atoms with Crippen LogP contribution in [0.1, 0.15) is 30.9 Å². The summed E-state index contributed by atoms with van der Waals surface area (Å²) in [7, 11) is -4.74. The van der Waals surface area contributed by atoms with Crippen LogP contribution in [0.15, 0.2) is 66.7 Å². The molecule has 13 heteroatoms. The van der Waals surface area contributed by atoms with Gasteiger partial charge in [-0.3, -0.25) is 29.0 Å². The van der Waals surface area contributed by atoms with E-state index in [1.54, 1.807) is 0 Å². The first-order chi connectivity index (χ1) is 18.9. The Bertz CT molecular complexity index is 1420. The van der Waals surface area contributed by atoms with Gasteiger partial charge >= 0.3 is 13.8 Å². The predicted molar refractivity (Wildman–Crippen MR) is 145 cm³/mol. The Kier molecular flexibility index (Phi) is 10.4. The van der Waals surface area contributed by atoms with E-state index in [0.717, 1.165) is 16.3 Å². The summed E-state index contributed by atoms with van der Waals surface area (Å²) in [6.45, 7) is 1.37. The molecule has 0 aliphatic heterocycles. The van der Waals surface area contributed by atoms with Crippen molar-refractivity contribution in [3.63, 3.8) is 0 Å². The maximum atomic E-state index is 13.2. The number of amides is 3. The standard InChI is InChI=1S/C27H30N3O9P/c1-17(31)29-24(15-18-9-11-21(12-10-18)39-40(36,37)38)27(35)30-23(13-14-25(32)33)26(34)28-16-20-7-4-6-19-5-2-3-8-22(19)20/h2-12,23-24H,13-16H2,1H3,(H,28,34)(H,29,31)(H,30,35)(H,32,33)(H2,36,37,38). The first-order valence-electron chi connectivity index (χ1n) is 12.3. The van der Waals surface area contributed by atoms with Crippen LogP contribution in [0, 0.1) is 0 Å². The van der Waals surface area contributed by atoms with E-state index in [2.05, 4.69) is 20.5 Å². The lowest BCUT2D eigenvalue weighted by atomic mass is 10.0. The van der Waals surface area contributed by atoms with Crippen molar-refractivity contribution in [1.82, 2.24) is 16.0 Å². The van der Waals surface area contributed by atoms with E-state index in [-0.39, 0.29) is 31.6 Å². The van der Waals surface area contributed by atoms with E-state index in [1.165, 1.54) is 31.2 Å². The van der Waals surface area contributed by atoms with Gasteiger partial charge in [0, 0.05) is 26.3 Å². The number of hydrogen-bond donors (Lipinski definition) is 6. The fraction of sp³-hybridized carbons (Fsp3) is 0.259. The molecule has 3 aromatic carbocycles. The van der Waals surface area contributed by atoms with Gasteiger partial charge in [0.1, 0.15) is 17.8 Å². The number of phosphoric acid groups is 1. The van der Waals surface area contributed by atoms with E-state index in [1.807, 2.05) is 42.5 Å². The summed E-state index contributed by atoms with van der Waals surface area (Å²) in [6.07, 6.45) is -0.576. The van der Waals surface area contributed by atoms with Gasteiger partial charge in [0.05, 0.1) is 0 Å². The van der Waals surface area contributed by atoms with Crippen LogP contribution >= 0.6 is 7.82 Å². The Morgan fingerprint density at radius 3 is 2.20 bits per heavy atom. The van der Waals surface area contributed by atoms with E-state index in [0.29, 0.717) is 5.56 Å². The number of carboxylic acid groups (broad SMARTS) is 1. The molecule has 3 rings (SSSR count). The highest BCUT2D eigenvalue weighted by Gasteiger charge is 2.27. The van der Waals surface area contributed by atoms with Crippen LogP contribution in [0.2, 0.25) is 0 Å². The maximum absolute atomic E-state index is 13.2. The molecule has 2 atom stereocenters. The van der Waals surface area contributed by atoms with E-state index in [4.69, 9.17) is 14.9 Å². The first-order valence-corrected chi connectivity index (χ1v) is 13.8. The molecule has 3 aromatic rings. The Labute approximate surface area is 230 Å². The van der Waals surface area contributed by atoms with Gasteiger partial charge in [-0.1, -0.05) is 54.6 Å². The van der Waals surface area contributed by atoms with Gasteiger partial charge in [-0.15, -0.1) is 0 Å². The van der Waals surface area contributed by atoms with Crippen molar-refractivity contribution in [1.29, 1.82) is 0 Å². The predicted octanol–water partition coefficient (Wildman–Crippen LogP) is 2.02. The van der Waals surface area contributed by atoms with E-state index in [9.17, 15) is 23.7 Å². The fourth-order valence-corrected chi connectivity index (χ4v) is 4.47. The highest BCUT2D eigenvalue weighted by atomic mass is 31.2. The van der Waals surface area contributed by atoms with Crippen molar-refractivity contribution >= 4 is 42.3 Å². The highest BCUT2D eigenvalue weighted by Crippen LogP contribution is 2.37. The van der Waals surface area contributed by atoms with Crippen molar-refractivity contribution in [3.8, 4) is 5.75 Å². The monoisotopic (exact) mass is 571 g/mol. The number of carboxylic acids is 1. The lowest BCUT2D eigenvalue weighted by molar-refractivity contribution is -0.138. The van der Waals surface area contributed by atoms with Gasteiger partial charge in [-0.2, -0.15) is 0 Å². The number of rotatable bonds is 13. The van der Waals surface area contributed by atoms with E-state index < -0.39 is 43.6 Å². The summed E-state index contributed by atoms with van der Waals surface area (Å²) in [6, 6.07) is 16.5. The number of benzene rings is 3. The number of fused-ring (bicyclic) bond motifs is 1. The zero-order valence-corrected chi connectivity index (χ0v) is 22.5. The van der Waals surface area contributed by atoms with Gasteiger partial charge in [0.2, 0.25) is 17.7 Å². The fourth-order valence-electron chi connectivity index (χ4n) is 4.08. The Morgan fingerprint density at radius 1 is 0.875 bits per heavy atom. The SMILES string of the molecule is CC(=O)NC(Cc1ccc(OP(=O)(O)O)cc1)C(=O)NC(CCC(=O)O)C(=O)NCc1cccc2ccccc12. The maximum Gasteiger partial charge on any atom is 0.524 e. The molecule has 0 saturated carbocycles. The Morgan fingerprint density at radius 2 is 1.55 bits per heavy atom. The summed E-state index contributed by atoms with van der Waals surface area (Å²) in [5, 5.41) is 18.9. The second-order valence-corrected chi connectivity index (χ2v) is 10.2. The summed E-state index contributed by atoms with van der Waals surface area (Å²) in [5.74, 6) is -3.03. The molecule has 0 aliphatic rings. The Hall–Kier alpha value is -4.25. The molecule has 0 aliphatic carbocycles. The van der Waals surface area contributed by atoms with Gasteiger partial charge in [0.25, 0.3) is 0 Å². The molecule has 0 heterocycles. The molecule has 0 bridgehead atoms. The molecule has 12 nitrogen and oxygen atoms in total. The molecule has 0 fully saturated rings. The zero-order valence-electron chi connectivity index (χ0n) is 21.6. The summed E-state index contributed by atoms with van der Waals surface area (Å²) >= 11 is 0. The van der Waals surface area contributed by atoms with Crippen LogP contribution in [0.5, 0.6) is 5.75 Å². The average Bonchev–Trinajstić information content (AvgIpc) is 2.89. The summed E-state index contributed by atoms with van der Waals surface area (Å²) < 4.78 is 15.5. The third-order valence-electron chi connectivity index (χ3n) is 5.89. The minimum Gasteiger partial charge on any atom is -0.481 e. The molecular formula is C27H30N3O9P. The van der Waals surface area contributed by atoms with Gasteiger partial charge < -0.3 is 25.6 Å².